The summed E-state index contributed by atoms with van der Waals surface area (Å²) in [5.41, 5.74) is 2.33. The van der Waals surface area contributed by atoms with Crippen molar-refractivity contribution < 1.29 is 13.9 Å². The molecular formula is C24H20ClNO3. The van der Waals surface area contributed by atoms with Crippen molar-refractivity contribution in [2.45, 2.75) is 6.92 Å². The molecule has 0 amide bonds. The molecule has 0 spiro atoms. The van der Waals surface area contributed by atoms with Gasteiger partial charge in [-0.15, -0.1) is 0 Å². The van der Waals surface area contributed by atoms with Crippen LogP contribution in [-0.2, 0) is 0 Å². The van der Waals surface area contributed by atoms with E-state index in [1.807, 2.05) is 79.7 Å². The Bertz CT molecular complexity index is 1210. The van der Waals surface area contributed by atoms with Crippen LogP contribution in [0, 0.1) is 0 Å². The largest absolute Gasteiger partial charge is 0.497 e. The molecule has 0 bridgehead atoms. The van der Waals surface area contributed by atoms with Crippen LogP contribution in [0.15, 0.2) is 82.2 Å². The minimum absolute atomic E-state index is 0.621. The van der Waals surface area contributed by atoms with E-state index in [-0.39, 0.29) is 0 Å². The lowest BCUT2D eigenvalue weighted by atomic mass is 10.1. The van der Waals surface area contributed by atoms with Gasteiger partial charge in [-0.1, -0.05) is 23.7 Å². The predicted molar refractivity (Wildman–Crippen MR) is 116 cm³/mol. The monoisotopic (exact) mass is 405 g/mol. The summed E-state index contributed by atoms with van der Waals surface area (Å²) in [6.45, 7) is 2.59. The van der Waals surface area contributed by atoms with Gasteiger partial charge >= 0.3 is 0 Å². The number of halogens is 1. The standard InChI is InChI=1S/C24H20ClNO3/c1-3-28-17-10-8-16(9-11-17)26-22-15-24(19-6-4-5-7-21(19)25)29-23-13-12-18(27-2)14-20(22)23/h4-15H,3H2,1-2H3. The first kappa shape index (κ1) is 19.1. The SMILES string of the molecule is CCOc1ccc(N=c2cc(-c3ccccc3Cl)oc3ccc(OC)cc23)cc1. The Morgan fingerprint density at radius 2 is 1.69 bits per heavy atom. The molecule has 146 valence electrons. The summed E-state index contributed by atoms with van der Waals surface area (Å²) in [5.74, 6) is 2.21. The second-order valence-corrected chi connectivity index (χ2v) is 6.78. The Labute approximate surface area is 174 Å². The van der Waals surface area contributed by atoms with Gasteiger partial charge in [-0.25, -0.2) is 4.99 Å². The fraction of sp³-hybridized carbons (Fsp3) is 0.125. The van der Waals surface area contributed by atoms with Gasteiger partial charge in [0, 0.05) is 17.0 Å². The van der Waals surface area contributed by atoms with E-state index in [1.54, 1.807) is 7.11 Å². The van der Waals surface area contributed by atoms with Crippen LogP contribution in [0.2, 0.25) is 5.02 Å². The highest BCUT2D eigenvalue weighted by Crippen LogP contribution is 2.30. The predicted octanol–water partition coefficient (Wildman–Crippen LogP) is 6.39. The maximum Gasteiger partial charge on any atom is 0.138 e. The third-order valence-corrected chi connectivity index (χ3v) is 4.82. The molecule has 0 aliphatic rings. The average Bonchev–Trinajstić information content (AvgIpc) is 2.75. The summed E-state index contributed by atoms with van der Waals surface area (Å²) in [5, 5.41) is 2.24. The van der Waals surface area contributed by atoms with E-state index in [0.717, 1.165) is 33.5 Å². The van der Waals surface area contributed by atoms with Crippen molar-refractivity contribution in [2.75, 3.05) is 13.7 Å². The van der Waals surface area contributed by atoms with E-state index in [2.05, 4.69) is 0 Å². The van der Waals surface area contributed by atoms with Gasteiger partial charge in [-0.3, -0.25) is 0 Å². The zero-order chi connectivity index (χ0) is 20.2. The first-order valence-corrected chi connectivity index (χ1v) is 9.70. The fourth-order valence-electron chi connectivity index (χ4n) is 3.08. The van der Waals surface area contributed by atoms with E-state index in [9.17, 15) is 0 Å². The van der Waals surface area contributed by atoms with Crippen molar-refractivity contribution in [3.63, 3.8) is 0 Å². The first-order valence-electron chi connectivity index (χ1n) is 9.32. The second-order valence-electron chi connectivity index (χ2n) is 6.38. The van der Waals surface area contributed by atoms with Gasteiger partial charge in [0.25, 0.3) is 0 Å². The molecule has 0 saturated heterocycles. The molecule has 0 aliphatic heterocycles. The normalized spacial score (nSPS) is 11.6. The van der Waals surface area contributed by atoms with Crippen LogP contribution in [0.4, 0.5) is 5.69 Å². The molecule has 0 N–H and O–H groups in total. The van der Waals surface area contributed by atoms with Crippen LogP contribution < -0.4 is 14.8 Å². The van der Waals surface area contributed by atoms with Gasteiger partial charge < -0.3 is 13.9 Å². The van der Waals surface area contributed by atoms with Crippen molar-refractivity contribution in [3.05, 3.63) is 83.2 Å². The lowest BCUT2D eigenvalue weighted by Gasteiger charge is -2.08. The summed E-state index contributed by atoms with van der Waals surface area (Å²) in [6.07, 6.45) is 0. The van der Waals surface area contributed by atoms with Crippen molar-refractivity contribution in [3.8, 4) is 22.8 Å². The quantitative estimate of drug-likeness (QED) is 0.386. The topological polar surface area (TPSA) is 44.0 Å². The molecule has 5 heteroatoms. The Morgan fingerprint density at radius 1 is 0.931 bits per heavy atom. The number of fused-ring (bicyclic) bond motifs is 1. The van der Waals surface area contributed by atoms with Crippen molar-refractivity contribution >= 4 is 28.3 Å². The van der Waals surface area contributed by atoms with Gasteiger partial charge in [0.2, 0.25) is 0 Å². The number of rotatable bonds is 5. The number of hydrogen-bond donors (Lipinski definition) is 0. The van der Waals surface area contributed by atoms with Crippen LogP contribution >= 0.6 is 11.6 Å². The first-order chi connectivity index (χ1) is 14.2. The van der Waals surface area contributed by atoms with Crippen LogP contribution in [-0.4, -0.2) is 13.7 Å². The Morgan fingerprint density at radius 3 is 2.41 bits per heavy atom. The molecule has 1 aromatic heterocycles. The molecule has 0 radical (unpaired) electrons. The molecule has 4 rings (SSSR count). The van der Waals surface area contributed by atoms with Crippen LogP contribution in [0.3, 0.4) is 0 Å². The molecule has 0 saturated carbocycles. The van der Waals surface area contributed by atoms with E-state index >= 15 is 0 Å². The van der Waals surface area contributed by atoms with E-state index in [0.29, 0.717) is 23.0 Å². The lowest BCUT2D eigenvalue weighted by Crippen LogP contribution is -2.03. The number of nitrogens with zero attached hydrogens (tertiary/aromatic N) is 1. The second kappa shape index (κ2) is 8.41. The highest BCUT2D eigenvalue weighted by atomic mass is 35.5. The zero-order valence-corrected chi connectivity index (χ0v) is 16.9. The summed E-state index contributed by atoms with van der Waals surface area (Å²) in [4.78, 5) is 4.85. The molecule has 4 aromatic rings. The van der Waals surface area contributed by atoms with Crippen LogP contribution in [0.5, 0.6) is 11.5 Å². The molecule has 0 aliphatic carbocycles. The molecule has 0 atom stereocenters. The minimum Gasteiger partial charge on any atom is -0.497 e. The zero-order valence-electron chi connectivity index (χ0n) is 16.2. The number of ether oxygens (including phenoxy) is 2. The molecule has 4 nitrogen and oxygen atoms in total. The third kappa shape index (κ3) is 4.13. The molecular weight excluding hydrogens is 386 g/mol. The van der Waals surface area contributed by atoms with E-state index < -0.39 is 0 Å². The summed E-state index contributed by atoms with van der Waals surface area (Å²) in [6, 6.07) is 22.8. The van der Waals surface area contributed by atoms with Crippen LogP contribution in [0.1, 0.15) is 6.92 Å². The van der Waals surface area contributed by atoms with Gasteiger partial charge in [-0.2, -0.15) is 0 Å². The smallest absolute Gasteiger partial charge is 0.138 e. The Balaban J connectivity index is 1.93. The summed E-state index contributed by atoms with van der Waals surface area (Å²) >= 11 is 6.39. The molecule has 0 fully saturated rings. The van der Waals surface area contributed by atoms with Gasteiger partial charge in [0.15, 0.2) is 0 Å². The summed E-state index contributed by atoms with van der Waals surface area (Å²) in [7, 11) is 1.64. The lowest BCUT2D eigenvalue weighted by molar-refractivity contribution is 0.340. The van der Waals surface area contributed by atoms with E-state index in [1.165, 1.54) is 0 Å². The van der Waals surface area contributed by atoms with Crippen molar-refractivity contribution in [1.29, 1.82) is 0 Å². The maximum atomic E-state index is 6.39. The average molecular weight is 406 g/mol. The number of methoxy groups -OCH3 is 1. The third-order valence-electron chi connectivity index (χ3n) is 4.49. The maximum absolute atomic E-state index is 6.39. The van der Waals surface area contributed by atoms with Gasteiger partial charge in [-0.05, 0) is 61.5 Å². The van der Waals surface area contributed by atoms with Crippen molar-refractivity contribution in [1.82, 2.24) is 0 Å². The number of benzene rings is 3. The minimum atomic E-state index is 0.621. The molecule has 1 heterocycles. The Hall–Kier alpha value is -3.24. The van der Waals surface area contributed by atoms with Crippen LogP contribution in [0.25, 0.3) is 22.3 Å². The van der Waals surface area contributed by atoms with Crippen molar-refractivity contribution in [2.24, 2.45) is 4.99 Å². The fourth-order valence-corrected chi connectivity index (χ4v) is 3.31. The van der Waals surface area contributed by atoms with E-state index in [4.69, 9.17) is 30.5 Å². The van der Waals surface area contributed by atoms with Gasteiger partial charge in [0.1, 0.15) is 22.8 Å². The highest BCUT2D eigenvalue weighted by Gasteiger charge is 2.10. The molecule has 3 aromatic carbocycles. The summed E-state index contributed by atoms with van der Waals surface area (Å²) < 4.78 is 17.0. The highest BCUT2D eigenvalue weighted by molar-refractivity contribution is 6.33. The Kier molecular flexibility index (Phi) is 5.54. The number of hydrogen-bond acceptors (Lipinski definition) is 4. The van der Waals surface area contributed by atoms with Gasteiger partial charge in [0.05, 0.1) is 29.8 Å². The molecule has 29 heavy (non-hydrogen) atoms. The molecule has 0 unspecified atom stereocenters.